The highest BCUT2D eigenvalue weighted by atomic mass is 16.5. The van der Waals surface area contributed by atoms with Crippen molar-refractivity contribution in [2.24, 2.45) is 10.9 Å². The molecule has 1 atom stereocenters. The van der Waals surface area contributed by atoms with E-state index in [0.29, 0.717) is 19.1 Å². The number of aromatic nitrogens is 2. The monoisotopic (exact) mass is 401 g/mol. The molecule has 2 aromatic rings. The second kappa shape index (κ2) is 11.2. The molecule has 2 heterocycles. The molecule has 0 radical (unpaired) electrons. The van der Waals surface area contributed by atoms with E-state index in [2.05, 4.69) is 51.8 Å². The van der Waals surface area contributed by atoms with Crippen LogP contribution in [0.15, 0.2) is 29.3 Å². The molecule has 0 amide bonds. The first kappa shape index (κ1) is 21.6. The minimum Gasteiger partial charge on any atom is -0.382 e. The van der Waals surface area contributed by atoms with Crippen molar-refractivity contribution in [3.8, 4) is 0 Å². The lowest BCUT2D eigenvalue weighted by Crippen LogP contribution is -2.40. The van der Waals surface area contributed by atoms with E-state index in [0.717, 1.165) is 69.5 Å². The molecular weight excluding hydrogens is 366 g/mol. The zero-order valence-electron chi connectivity index (χ0n) is 18.1. The molecule has 7 nitrogen and oxygen atoms in total. The highest BCUT2D eigenvalue weighted by Crippen LogP contribution is 2.17. The third-order valence-corrected chi connectivity index (χ3v) is 5.35. The van der Waals surface area contributed by atoms with Gasteiger partial charge < -0.3 is 24.3 Å². The van der Waals surface area contributed by atoms with Gasteiger partial charge in [-0.25, -0.2) is 4.98 Å². The molecule has 29 heavy (non-hydrogen) atoms. The second-order valence-electron chi connectivity index (χ2n) is 7.56. The van der Waals surface area contributed by atoms with Crippen LogP contribution in [0.5, 0.6) is 0 Å². The lowest BCUT2D eigenvalue weighted by Gasteiger charge is -2.21. The van der Waals surface area contributed by atoms with Crippen molar-refractivity contribution in [1.29, 1.82) is 0 Å². The smallest absolute Gasteiger partial charge is 0.193 e. The molecule has 3 rings (SSSR count). The summed E-state index contributed by atoms with van der Waals surface area (Å²) in [5.41, 5.74) is 2.27. The summed E-state index contributed by atoms with van der Waals surface area (Å²) in [7, 11) is 1.70. The van der Waals surface area contributed by atoms with Gasteiger partial charge >= 0.3 is 0 Å². The van der Waals surface area contributed by atoms with Crippen LogP contribution in [-0.2, 0) is 16.0 Å². The summed E-state index contributed by atoms with van der Waals surface area (Å²) in [6.45, 7) is 11.0. The summed E-state index contributed by atoms with van der Waals surface area (Å²) in [5, 5.41) is 3.45. The van der Waals surface area contributed by atoms with Crippen LogP contribution in [-0.4, -0.2) is 73.5 Å². The highest BCUT2D eigenvalue weighted by Gasteiger charge is 2.24. The van der Waals surface area contributed by atoms with Crippen LogP contribution in [0.1, 0.15) is 25.6 Å². The first-order valence-corrected chi connectivity index (χ1v) is 10.7. The first-order valence-electron chi connectivity index (χ1n) is 10.7. The summed E-state index contributed by atoms with van der Waals surface area (Å²) >= 11 is 0. The predicted octanol–water partition coefficient (Wildman–Crippen LogP) is 2.69. The number of imidazole rings is 1. The molecule has 7 heteroatoms. The summed E-state index contributed by atoms with van der Waals surface area (Å²) < 4.78 is 13.0. The van der Waals surface area contributed by atoms with Crippen molar-refractivity contribution in [2.75, 3.05) is 53.1 Å². The number of aryl methyl sites for hydroxylation is 2. The molecule has 1 aromatic carbocycles. The Hall–Kier alpha value is -2.12. The van der Waals surface area contributed by atoms with E-state index in [1.807, 2.05) is 6.07 Å². The van der Waals surface area contributed by atoms with E-state index in [-0.39, 0.29) is 0 Å². The number of rotatable bonds is 10. The average molecular weight is 402 g/mol. The first-order chi connectivity index (χ1) is 14.2. The van der Waals surface area contributed by atoms with E-state index >= 15 is 0 Å². The standard InChI is InChI=1S/C22H35N5O2/c1-4-23-22(26-13-10-19(16-26)17-29-15-14-28-3)24-11-7-12-27-18(2)25-20-8-5-6-9-21(20)27/h5-6,8-9,19H,4,7,10-17H2,1-3H3,(H,23,24). The third-order valence-electron chi connectivity index (χ3n) is 5.35. The Kier molecular flexibility index (Phi) is 8.31. The number of hydrogen-bond donors (Lipinski definition) is 1. The molecular formula is C22H35N5O2. The van der Waals surface area contributed by atoms with Crippen LogP contribution in [0.4, 0.5) is 0 Å². The topological polar surface area (TPSA) is 63.9 Å². The molecule has 1 fully saturated rings. The average Bonchev–Trinajstić information content (AvgIpc) is 3.32. The fourth-order valence-corrected chi connectivity index (χ4v) is 3.87. The molecule has 0 bridgehead atoms. The maximum absolute atomic E-state index is 5.71. The van der Waals surface area contributed by atoms with E-state index < -0.39 is 0 Å². The third kappa shape index (κ3) is 5.93. The van der Waals surface area contributed by atoms with Gasteiger partial charge in [0.2, 0.25) is 0 Å². The molecule has 1 unspecified atom stereocenters. The van der Waals surface area contributed by atoms with Gasteiger partial charge in [-0.15, -0.1) is 0 Å². The summed E-state index contributed by atoms with van der Waals surface area (Å²) in [5.74, 6) is 2.66. The molecule has 0 aliphatic carbocycles. The van der Waals surface area contributed by atoms with E-state index in [9.17, 15) is 0 Å². The lowest BCUT2D eigenvalue weighted by molar-refractivity contribution is 0.0536. The van der Waals surface area contributed by atoms with Gasteiger partial charge in [-0.2, -0.15) is 0 Å². The zero-order valence-corrected chi connectivity index (χ0v) is 18.1. The molecule has 1 saturated heterocycles. The minimum absolute atomic E-state index is 0.565. The second-order valence-corrected chi connectivity index (χ2v) is 7.56. The van der Waals surface area contributed by atoms with Gasteiger partial charge in [-0.1, -0.05) is 12.1 Å². The van der Waals surface area contributed by atoms with Crippen molar-refractivity contribution >= 4 is 17.0 Å². The van der Waals surface area contributed by atoms with E-state index in [1.54, 1.807) is 7.11 Å². The van der Waals surface area contributed by atoms with Crippen molar-refractivity contribution in [1.82, 2.24) is 19.8 Å². The number of benzene rings is 1. The van der Waals surface area contributed by atoms with Crippen LogP contribution < -0.4 is 5.32 Å². The molecule has 1 aliphatic heterocycles. The molecule has 0 spiro atoms. The number of aliphatic imine (C=N–C) groups is 1. The Labute approximate surface area is 174 Å². The Morgan fingerprint density at radius 3 is 3.00 bits per heavy atom. The molecule has 1 aliphatic rings. The number of nitrogens with zero attached hydrogens (tertiary/aromatic N) is 4. The van der Waals surface area contributed by atoms with E-state index in [1.165, 1.54) is 5.52 Å². The Bertz CT molecular complexity index is 789. The summed E-state index contributed by atoms with van der Waals surface area (Å²) in [6.07, 6.45) is 2.14. The van der Waals surface area contributed by atoms with Gasteiger partial charge in [0.05, 0.1) is 30.9 Å². The largest absolute Gasteiger partial charge is 0.382 e. The number of hydrogen-bond acceptors (Lipinski definition) is 4. The SMILES string of the molecule is CCNC(=NCCCn1c(C)nc2ccccc21)N1CCC(COCCOC)C1. The van der Waals surface area contributed by atoms with Gasteiger partial charge in [0.15, 0.2) is 5.96 Å². The van der Waals surface area contributed by atoms with Crippen LogP contribution in [0.3, 0.4) is 0 Å². The van der Waals surface area contributed by atoms with Gasteiger partial charge in [-0.05, 0) is 38.8 Å². The lowest BCUT2D eigenvalue weighted by atomic mass is 10.1. The maximum Gasteiger partial charge on any atom is 0.193 e. The van der Waals surface area contributed by atoms with Crippen LogP contribution in [0, 0.1) is 12.8 Å². The van der Waals surface area contributed by atoms with Gasteiger partial charge in [0.25, 0.3) is 0 Å². The van der Waals surface area contributed by atoms with Gasteiger partial charge in [-0.3, -0.25) is 4.99 Å². The fraction of sp³-hybridized carbons (Fsp3) is 0.636. The van der Waals surface area contributed by atoms with Crippen molar-refractivity contribution in [3.05, 3.63) is 30.1 Å². The summed E-state index contributed by atoms with van der Waals surface area (Å²) in [6, 6.07) is 8.33. The van der Waals surface area contributed by atoms with Crippen molar-refractivity contribution < 1.29 is 9.47 Å². The number of ether oxygens (including phenoxy) is 2. The number of guanidine groups is 1. The summed E-state index contributed by atoms with van der Waals surface area (Å²) in [4.78, 5) is 11.9. The molecule has 160 valence electrons. The van der Waals surface area contributed by atoms with Crippen molar-refractivity contribution in [2.45, 2.75) is 33.2 Å². The maximum atomic E-state index is 5.71. The molecule has 1 N–H and O–H groups in total. The molecule has 1 aromatic heterocycles. The Balaban J connectivity index is 1.50. The zero-order chi connectivity index (χ0) is 20.5. The number of likely N-dealkylation sites (tertiary alicyclic amines) is 1. The van der Waals surface area contributed by atoms with Gasteiger partial charge in [0, 0.05) is 45.8 Å². The van der Waals surface area contributed by atoms with E-state index in [4.69, 9.17) is 14.5 Å². The minimum atomic E-state index is 0.565. The number of nitrogens with one attached hydrogen (secondary N) is 1. The Morgan fingerprint density at radius 1 is 1.31 bits per heavy atom. The normalized spacial score (nSPS) is 17.4. The fourth-order valence-electron chi connectivity index (χ4n) is 3.87. The van der Waals surface area contributed by atoms with Crippen LogP contribution in [0.25, 0.3) is 11.0 Å². The predicted molar refractivity (Wildman–Crippen MR) is 117 cm³/mol. The molecule has 0 saturated carbocycles. The quantitative estimate of drug-likeness (QED) is 0.377. The number of para-hydroxylation sites is 2. The Morgan fingerprint density at radius 2 is 2.17 bits per heavy atom. The highest BCUT2D eigenvalue weighted by molar-refractivity contribution is 5.80. The van der Waals surface area contributed by atoms with Crippen molar-refractivity contribution in [3.63, 3.8) is 0 Å². The number of methoxy groups -OCH3 is 1. The number of fused-ring (bicyclic) bond motifs is 1. The van der Waals surface area contributed by atoms with Gasteiger partial charge in [0.1, 0.15) is 5.82 Å². The van der Waals surface area contributed by atoms with Crippen LogP contribution >= 0.6 is 0 Å². The van der Waals surface area contributed by atoms with Crippen LogP contribution in [0.2, 0.25) is 0 Å².